The van der Waals surface area contributed by atoms with Gasteiger partial charge in [0.1, 0.15) is 0 Å². The highest BCUT2D eigenvalue weighted by Crippen LogP contribution is 2.34. The number of carbonyl (C=O) groups is 1. The molecule has 0 aromatic heterocycles. The van der Waals surface area contributed by atoms with E-state index >= 15 is 0 Å². The second-order valence-electron chi connectivity index (χ2n) is 7.34. The number of benzene rings is 2. The van der Waals surface area contributed by atoms with E-state index in [0.717, 1.165) is 16.9 Å². The highest BCUT2D eigenvalue weighted by molar-refractivity contribution is 6.31. The number of ether oxygens (including phenoxy) is 2. The van der Waals surface area contributed by atoms with Crippen LogP contribution in [0.2, 0.25) is 5.02 Å². The van der Waals surface area contributed by atoms with E-state index in [1.165, 1.54) is 0 Å². The molecule has 0 aliphatic rings. The van der Waals surface area contributed by atoms with Gasteiger partial charge in [-0.1, -0.05) is 31.5 Å². The van der Waals surface area contributed by atoms with Gasteiger partial charge in [0, 0.05) is 35.4 Å². The van der Waals surface area contributed by atoms with Crippen LogP contribution in [0.4, 0.5) is 11.4 Å². The van der Waals surface area contributed by atoms with Crippen molar-refractivity contribution in [2.75, 3.05) is 17.7 Å². The molecule has 28 heavy (non-hydrogen) atoms. The van der Waals surface area contributed by atoms with E-state index in [4.69, 9.17) is 21.1 Å². The Kier molecular flexibility index (Phi) is 8.00. The molecule has 2 rings (SSSR count). The Hall–Kier alpha value is -2.40. The summed E-state index contributed by atoms with van der Waals surface area (Å²) in [6.07, 6.45) is 0.528. The van der Waals surface area contributed by atoms with Gasteiger partial charge >= 0.3 is 0 Å². The fourth-order valence-electron chi connectivity index (χ4n) is 2.71. The van der Waals surface area contributed by atoms with Crippen molar-refractivity contribution in [1.29, 1.82) is 0 Å². The molecule has 6 heteroatoms. The summed E-state index contributed by atoms with van der Waals surface area (Å²) in [5.41, 5.74) is 2.55. The molecule has 5 nitrogen and oxygen atoms in total. The van der Waals surface area contributed by atoms with E-state index in [1.54, 1.807) is 13.2 Å². The molecular formula is C22H29ClN2O3. The molecule has 2 N–H and O–H groups in total. The highest BCUT2D eigenvalue weighted by atomic mass is 35.5. The quantitative estimate of drug-likeness (QED) is 0.560. The SMILES string of the molecule is COc1cc(CNc2cccc(NC(=O)CC(C)C)c2)c(Cl)cc1OC(C)C. The van der Waals surface area contributed by atoms with Gasteiger partial charge in [-0.25, -0.2) is 0 Å². The molecule has 0 saturated heterocycles. The lowest BCUT2D eigenvalue weighted by atomic mass is 10.1. The summed E-state index contributed by atoms with van der Waals surface area (Å²) >= 11 is 6.42. The van der Waals surface area contributed by atoms with Crippen LogP contribution in [-0.4, -0.2) is 19.1 Å². The molecule has 1 amide bonds. The number of halogens is 1. The average Bonchev–Trinajstić information content (AvgIpc) is 2.60. The van der Waals surface area contributed by atoms with Crippen molar-refractivity contribution in [3.8, 4) is 11.5 Å². The lowest BCUT2D eigenvalue weighted by Gasteiger charge is -2.16. The van der Waals surface area contributed by atoms with E-state index in [9.17, 15) is 4.79 Å². The first kappa shape index (κ1) is 21.9. The van der Waals surface area contributed by atoms with Crippen molar-refractivity contribution < 1.29 is 14.3 Å². The molecule has 0 aliphatic heterocycles. The number of amides is 1. The van der Waals surface area contributed by atoms with Crippen LogP contribution in [0, 0.1) is 5.92 Å². The Morgan fingerprint density at radius 3 is 2.43 bits per heavy atom. The predicted octanol–water partition coefficient (Wildman–Crippen LogP) is 5.73. The molecule has 2 aromatic rings. The van der Waals surface area contributed by atoms with Gasteiger partial charge in [0.25, 0.3) is 0 Å². The zero-order valence-corrected chi connectivity index (χ0v) is 17.9. The summed E-state index contributed by atoms with van der Waals surface area (Å²) in [6, 6.07) is 11.3. The first-order chi connectivity index (χ1) is 13.3. The van der Waals surface area contributed by atoms with Crippen molar-refractivity contribution in [1.82, 2.24) is 0 Å². The molecule has 0 radical (unpaired) electrons. The highest BCUT2D eigenvalue weighted by Gasteiger charge is 2.12. The van der Waals surface area contributed by atoms with Crippen LogP contribution in [0.1, 0.15) is 39.7 Å². The lowest BCUT2D eigenvalue weighted by molar-refractivity contribution is -0.116. The van der Waals surface area contributed by atoms with Crippen LogP contribution in [0.5, 0.6) is 11.5 Å². The van der Waals surface area contributed by atoms with E-state index in [0.29, 0.717) is 35.4 Å². The Bertz CT molecular complexity index is 806. The van der Waals surface area contributed by atoms with Crippen LogP contribution in [0.3, 0.4) is 0 Å². The molecule has 0 bridgehead atoms. The smallest absolute Gasteiger partial charge is 0.224 e. The van der Waals surface area contributed by atoms with Crippen molar-refractivity contribution in [3.05, 3.63) is 47.0 Å². The summed E-state index contributed by atoms with van der Waals surface area (Å²) in [5.74, 6) is 1.60. The van der Waals surface area contributed by atoms with Crippen LogP contribution < -0.4 is 20.1 Å². The predicted molar refractivity (Wildman–Crippen MR) is 116 cm³/mol. The average molecular weight is 405 g/mol. The van der Waals surface area contributed by atoms with Crippen LogP contribution in [0.25, 0.3) is 0 Å². The van der Waals surface area contributed by atoms with E-state index in [2.05, 4.69) is 10.6 Å². The molecule has 0 atom stereocenters. The largest absolute Gasteiger partial charge is 0.493 e. The maximum Gasteiger partial charge on any atom is 0.224 e. The number of nitrogens with one attached hydrogen (secondary N) is 2. The van der Waals surface area contributed by atoms with E-state index in [1.807, 2.05) is 58.0 Å². The maximum atomic E-state index is 12.0. The minimum Gasteiger partial charge on any atom is -0.493 e. The van der Waals surface area contributed by atoms with Gasteiger partial charge in [0.2, 0.25) is 5.91 Å². The van der Waals surface area contributed by atoms with Gasteiger partial charge in [-0.3, -0.25) is 4.79 Å². The lowest BCUT2D eigenvalue weighted by Crippen LogP contribution is -2.14. The number of carbonyl (C=O) groups excluding carboxylic acids is 1. The first-order valence-corrected chi connectivity index (χ1v) is 9.83. The van der Waals surface area contributed by atoms with Gasteiger partial charge < -0.3 is 20.1 Å². The van der Waals surface area contributed by atoms with Gasteiger partial charge in [-0.2, -0.15) is 0 Å². The van der Waals surface area contributed by atoms with E-state index in [-0.39, 0.29) is 12.0 Å². The third-order valence-corrected chi connectivity index (χ3v) is 4.27. The topological polar surface area (TPSA) is 59.6 Å². The first-order valence-electron chi connectivity index (χ1n) is 9.45. The van der Waals surface area contributed by atoms with Crippen molar-refractivity contribution >= 4 is 28.9 Å². The standard InChI is InChI=1S/C22H29ClN2O3/c1-14(2)9-22(26)25-18-8-6-7-17(11-18)24-13-16-10-20(27-5)21(12-19(16)23)28-15(3)4/h6-8,10-12,14-15,24H,9,13H2,1-5H3,(H,25,26). The third-order valence-electron chi connectivity index (χ3n) is 3.92. The Labute approximate surface area is 172 Å². The number of anilines is 2. The van der Waals surface area contributed by atoms with Gasteiger partial charge in [-0.15, -0.1) is 0 Å². The van der Waals surface area contributed by atoms with E-state index < -0.39 is 0 Å². The maximum absolute atomic E-state index is 12.0. The molecule has 0 saturated carbocycles. The van der Waals surface area contributed by atoms with Crippen LogP contribution in [-0.2, 0) is 11.3 Å². The fourth-order valence-corrected chi connectivity index (χ4v) is 2.93. The van der Waals surface area contributed by atoms with Gasteiger partial charge in [0.15, 0.2) is 11.5 Å². The summed E-state index contributed by atoms with van der Waals surface area (Å²) in [4.78, 5) is 12.0. The number of rotatable bonds is 9. The molecule has 0 unspecified atom stereocenters. The van der Waals surface area contributed by atoms with Crippen molar-refractivity contribution in [2.45, 2.75) is 46.8 Å². The summed E-state index contributed by atoms with van der Waals surface area (Å²) in [5, 5.41) is 6.86. The van der Waals surface area contributed by atoms with Gasteiger partial charge in [-0.05, 0) is 49.6 Å². The second kappa shape index (κ2) is 10.2. The zero-order valence-electron chi connectivity index (χ0n) is 17.1. The number of hydrogen-bond acceptors (Lipinski definition) is 4. The summed E-state index contributed by atoms with van der Waals surface area (Å²) in [7, 11) is 1.61. The van der Waals surface area contributed by atoms with Crippen LogP contribution in [0.15, 0.2) is 36.4 Å². The fraction of sp³-hybridized carbons (Fsp3) is 0.409. The third kappa shape index (κ3) is 6.64. The number of methoxy groups -OCH3 is 1. The zero-order chi connectivity index (χ0) is 20.7. The Balaban J connectivity index is 2.07. The summed E-state index contributed by atoms with van der Waals surface area (Å²) < 4.78 is 11.2. The Morgan fingerprint density at radius 1 is 1.07 bits per heavy atom. The second-order valence-corrected chi connectivity index (χ2v) is 7.75. The minimum absolute atomic E-state index is 0.0145. The molecule has 2 aromatic carbocycles. The van der Waals surface area contributed by atoms with Crippen molar-refractivity contribution in [3.63, 3.8) is 0 Å². The molecular weight excluding hydrogens is 376 g/mol. The monoisotopic (exact) mass is 404 g/mol. The molecule has 0 aliphatic carbocycles. The molecule has 0 spiro atoms. The van der Waals surface area contributed by atoms with Crippen LogP contribution >= 0.6 is 11.6 Å². The molecule has 0 fully saturated rings. The van der Waals surface area contributed by atoms with Gasteiger partial charge in [0.05, 0.1) is 13.2 Å². The number of hydrogen-bond donors (Lipinski definition) is 2. The summed E-state index contributed by atoms with van der Waals surface area (Å²) in [6.45, 7) is 8.46. The van der Waals surface area contributed by atoms with Crippen molar-refractivity contribution in [2.24, 2.45) is 5.92 Å². The molecule has 0 heterocycles. The molecule has 152 valence electrons. The minimum atomic E-state index is 0.0145. The Morgan fingerprint density at radius 2 is 1.79 bits per heavy atom. The normalized spacial score (nSPS) is 10.9.